The van der Waals surface area contributed by atoms with Crippen LogP contribution in [-0.2, 0) is 23.2 Å². The van der Waals surface area contributed by atoms with Crippen LogP contribution in [0.2, 0.25) is 0 Å². The summed E-state index contributed by atoms with van der Waals surface area (Å²) >= 11 is 0. The highest BCUT2D eigenvalue weighted by molar-refractivity contribution is 5.83. The number of aliphatic hydroxyl groups is 1. The van der Waals surface area contributed by atoms with Gasteiger partial charge in [0.15, 0.2) is 6.10 Å². The Morgan fingerprint density at radius 1 is 1.00 bits per heavy atom. The molecule has 6 rings (SSSR count). The first-order valence-electron chi connectivity index (χ1n) is 13.7. The molecule has 7 nitrogen and oxygen atoms in total. The number of carbonyl (C=O) groups excluding carboxylic acids is 1. The highest BCUT2D eigenvalue weighted by Crippen LogP contribution is 2.52. The van der Waals surface area contributed by atoms with Crippen molar-refractivity contribution in [2.75, 3.05) is 6.54 Å². The van der Waals surface area contributed by atoms with Crippen LogP contribution in [0.25, 0.3) is 11.1 Å². The van der Waals surface area contributed by atoms with E-state index in [1.54, 1.807) is 24.3 Å². The second-order valence-corrected chi connectivity index (χ2v) is 10.8. The maximum absolute atomic E-state index is 13.4. The third kappa shape index (κ3) is 5.54. The van der Waals surface area contributed by atoms with E-state index in [1.807, 2.05) is 30.3 Å². The van der Waals surface area contributed by atoms with Crippen LogP contribution in [0, 0.1) is 0 Å². The van der Waals surface area contributed by atoms with Crippen molar-refractivity contribution >= 4 is 5.91 Å². The topological polar surface area (TPSA) is 95.5 Å². The predicted molar refractivity (Wildman–Crippen MR) is 149 cm³/mol. The minimum Gasteiger partial charge on any atom is -0.406 e. The van der Waals surface area contributed by atoms with Crippen molar-refractivity contribution in [1.82, 2.24) is 14.9 Å². The summed E-state index contributed by atoms with van der Waals surface area (Å²) in [6.07, 6.45) is -3.34. The number of alkyl halides is 3. The third-order valence-electron chi connectivity index (χ3n) is 7.99. The first-order chi connectivity index (χ1) is 20.1. The molecule has 1 saturated carbocycles. The Morgan fingerprint density at radius 3 is 2.43 bits per heavy atom. The van der Waals surface area contributed by atoms with E-state index in [1.165, 1.54) is 29.2 Å². The van der Waals surface area contributed by atoms with Gasteiger partial charge in [0, 0.05) is 6.54 Å². The minimum atomic E-state index is -4.79. The van der Waals surface area contributed by atoms with Gasteiger partial charge in [0.1, 0.15) is 11.6 Å². The monoisotopic (exact) mass is 575 g/mol. The lowest BCUT2D eigenvalue weighted by atomic mass is 9.94. The summed E-state index contributed by atoms with van der Waals surface area (Å²) in [4.78, 5) is 36.1. The molecule has 0 spiro atoms. The highest BCUT2D eigenvalue weighted by Gasteiger charge is 2.48. The molecule has 0 saturated heterocycles. The van der Waals surface area contributed by atoms with Gasteiger partial charge in [0.05, 0.1) is 23.2 Å². The fraction of sp³-hybridized carbons (Fsp3) is 0.281. The van der Waals surface area contributed by atoms with Crippen LogP contribution >= 0.6 is 0 Å². The van der Waals surface area contributed by atoms with Crippen molar-refractivity contribution in [2.24, 2.45) is 0 Å². The summed E-state index contributed by atoms with van der Waals surface area (Å²) < 4.78 is 41.4. The van der Waals surface area contributed by atoms with Crippen LogP contribution in [0.5, 0.6) is 5.75 Å². The summed E-state index contributed by atoms with van der Waals surface area (Å²) in [6.45, 7) is 0.387. The van der Waals surface area contributed by atoms with Crippen LogP contribution in [0.4, 0.5) is 13.2 Å². The number of fused-ring (bicyclic) bond motifs is 1. The van der Waals surface area contributed by atoms with Gasteiger partial charge < -0.3 is 19.7 Å². The molecule has 1 atom stereocenters. The second kappa shape index (κ2) is 10.8. The molecule has 1 aromatic heterocycles. The number of aliphatic hydroxyl groups excluding tert-OH is 1. The summed E-state index contributed by atoms with van der Waals surface area (Å²) in [5, 5.41) is 11.0. The largest absolute Gasteiger partial charge is 0.573 e. The van der Waals surface area contributed by atoms with E-state index in [-0.39, 0.29) is 23.3 Å². The molecule has 1 amide bonds. The average molecular weight is 576 g/mol. The van der Waals surface area contributed by atoms with Crippen molar-refractivity contribution in [1.29, 1.82) is 0 Å². The van der Waals surface area contributed by atoms with Gasteiger partial charge in [-0.1, -0.05) is 60.7 Å². The molecule has 42 heavy (non-hydrogen) atoms. The number of hydrogen-bond acceptors (Lipinski definition) is 5. The molecule has 2 aliphatic rings. The van der Waals surface area contributed by atoms with Crippen LogP contribution in [-0.4, -0.2) is 38.8 Å². The van der Waals surface area contributed by atoms with Gasteiger partial charge in [-0.15, -0.1) is 13.2 Å². The van der Waals surface area contributed by atoms with Crippen LogP contribution in [0.1, 0.15) is 53.6 Å². The summed E-state index contributed by atoms with van der Waals surface area (Å²) in [5.41, 5.74) is 3.20. The van der Waals surface area contributed by atoms with E-state index >= 15 is 0 Å². The Morgan fingerprint density at radius 2 is 1.74 bits per heavy atom. The van der Waals surface area contributed by atoms with Gasteiger partial charge in [0.2, 0.25) is 0 Å². The van der Waals surface area contributed by atoms with Crippen molar-refractivity contribution in [3.05, 3.63) is 117 Å². The first kappa shape index (κ1) is 27.7. The number of carbonyl (C=O) groups is 1. The number of aromatic amines is 1. The number of rotatable bonds is 6. The van der Waals surface area contributed by atoms with Crippen LogP contribution in [0.3, 0.4) is 0 Å². The van der Waals surface area contributed by atoms with E-state index < -0.39 is 18.4 Å². The molecule has 0 bridgehead atoms. The maximum atomic E-state index is 13.4. The predicted octanol–water partition coefficient (Wildman–Crippen LogP) is 5.42. The van der Waals surface area contributed by atoms with E-state index in [4.69, 9.17) is 4.98 Å². The molecule has 0 unspecified atom stereocenters. The lowest BCUT2D eigenvalue weighted by molar-refractivity contribution is -0.274. The van der Waals surface area contributed by atoms with Crippen molar-refractivity contribution in [3.63, 3.8) is 0 Å². The number of benzene rings is 3. The van der Waals surface area contributed by atoms with Gasteiger partial charge in [-0.25, -0.2) is 4.98 Å². The quantitative estimate of drug-likeness (QED) is 0.320. The summed E-state index contributed by atoms with van der Waals surface area (Å²) in [5.74, 6) is -0.226. The highest BCUT2D eigenvalue weighted by atomic mass is 19.4. The Hall–Kier alpha value is -4.44. The van der Waals surface area contributed by atoms with E-state index in [9.17, 15) is 27.9 Å². The number of ether oxygens (including phenoxy) is 1. The molecule has 1 fully saturated rings. The van der Waals surface area contributed by atoms with Gasteiger partial charge in [-0.3, -0.25) is 9.59 Å². The SMILES string of the molecule is O=C([C@H](O)c1cccc(-c2ccc(OC(F)(F)F)cc2)c1)N1CCCc2nc(C3(c4ccccc4)CC3)[nH]c(=O)c2C1. The first-order valence-corrected chi connectivity index (χ1v) is 13.7. The zero-order valence-corrected chi connectivity index (χ0v) is 22.5. The lowest BCUT2D eigenvalue weighted by Gasteiger charge is -2.24. The molecule has 216 valence electrons. The molecular weight excluding hydrogens is 547 g/mol. The zero-order chi connectivity index (χ0) is 29.5. The Balaban J connectivity index is 1.20. The van der Waals surface area contributed by atoms with Crippen molar-refractivity contribution < 1.29 is 27.8 Å². The van der Waals surface area contributed by atoms with Gasteiger partial charge in [-0.05, 0) is 66.1 Å². The molecule has 10 heteroatoms. The molecule has 3 aromatic carbocycles. The molecule has 2 N–H and O–H groups in total. The number of amides is 1. The minimum absolute atomic E-state index is 0.0343. The standard InChI is InChI=1S/C32H28F3N3O4/c33-32(34,35)42-24-13-11-20(12-14-24)21-6-4-7-22(18-21)27(39)29(41)38-17-5-10-26-25(19-38)28(40)37-30(36-26)31(15-16-31)23-8-2-1-3-9-23/h1-4,6-9,11-14,18,27,39H,5,10,15-17,19H2,(H,36,37,40)/t27-/m1/s1. The molecule has 0 radical (unpaired) electrons. The van der Waals surface area contributed by atoms with Gasteiger partial charge >= 0.3 is 6.36 Å². The van der Waals surface area contributed by atoms with E-state index in [2.05, 4.69) is 9.72 Å². The van der Waals surface area contributed by atoms with Gasteiger partial charge in [-0.2, -0.15) is 0 Å². The smallest absolute Gasteiger partial charge is 0.406 e. The fourth-order valence-corrected chi connectivity index (χ4v) is 5.63. The van der Waals surface area contributed by atoms with Crippen LogP contribution < -0.4 is 10.3 Å². The third-order valence-corrected chi connectivity index (χ3v) is 7.99. The zero-order valence-electron chi connectivity index (χ0n) is 22.5. The molecule has 2 heterocycles. The number of nitrogens with one attached hydrogen (secondary N) is 1. The van der Waals surface area contributed by atoms with Crippen molar-refractivity contribution in [3.8, 4) is 16.9 Å². The number of nitrogens with zero attached hydrogens (tertiary/aromatic N) is 2. The number of aromatic nitrogens is 2. The fourth-order valence-electron chi connectivity index (χ4n) is 5.63. The summed E-state index contributed by atoms with van der Waals surface area (Å²) in [7, 11) is 0. The molecule has 1 aliphatic heterocycles. The number of halogens is 3. The maximum Gasteiger partial charge on any atom is 0.573 e. The Kier molecular flexibility index (Phi) is 7.10. The molecule has 1 aliphatic carbocycles. The van der Waals surface area contributed by atoms with Gasteiger partial charge in [0.25, 0.3) is 11.5 Å². The molecule has 4 aromatic rings. The van der Waals surface area contributed by atoms with Crippen molar-refractivity contribution in [2.45, 2.75) is 50.1 Å². The van der Waals surface area contributed by atoms with E-state index in [0.717, 1.165) is 18.4 Å². The summed E-state index contributed by atoms with van der Waals surface area (Å²) in [6, 6.07) is 22.0. The number of H-pyrrole nitrogens is 1. The second-order valence-electron chi connectivity index (χ2n) is 10.8. The van der Waals surface area contributed by atoms with Crippen LogP contribution in [0.15, 0.2) is 83.7 Å². The van der Waals surface area contributed by atoms with E-state index in [0.29, 0.717) is 53.2 Å². The average Bonchev–Trinajstić information content (AvgIpc) is 3.81. The number of hydrogen-bond donors (Lipinski definition) is 2. The lowest BCUT2D eigenvalue weighted by Crippen LogP contribution is -2.36. The number of aryl methyl sites for hydroxylation is 1. The Labute approximate surface area is 239 Å². The Bertz CT molecular complexity index is 1670. The molecular formula is C32H28F3N3O4. The normalized spacial score (nSPS) is 16.7.